The van der Waals surface area contributed by atoms with E-state index in [1.807, 2.05) is 24.3 Å². The molecular weight excluding hydrogens is 376 g/mol. The van der Waals surface area contributed by atoms with E-state index in [0.717, 1.165) is 42.3 Å². The van der Waals surface area contributed by atoms with Crippen LogP contribution < -0.4 is 15.5 Å². The Kier molecular flexibility index (Phi) is 5.33. The molecule has 148 valence electrons. The van der Waals surface area contributed by atoms with Crippen LogP contribution >= 0.6 is 0 Å². The zero-order valence-corrected chi connectivity index (χ0v) is 15.5. The van der Waals surface area contributed by atoms with Gasteiger partial charge in [-0.3, -0.25) is 0 Å². The largest absolute Gasteiger partial charge is 0.355 e. The molecule has 0 atom stereocenters. The van der Waals surface area contributed by atoms with Crippen molar-refractivity contribution in [3.8, 4) is 11.3 Å². The lowest BCUT2D eigenvalue weighted by atomic mass is 10.1. The number of anilines is 3. The molecule has 1 fully saturated rings. The number of hydrogen-bond donors (Lipinski definition) is 2. The monoisotopic (exact) mass is 395 g/mol. The maximum absolute atomic E-state index is 13.6. The summed E-state index contributed by atoms with van der Waals surface area (Å²) >= 11 is 0. The zero-order chi connectivity index (χ0) is 20.2. The number of nitrogens with zero attached hydrogens (tertiary/aromatic N) is 3. The Labute approximate surface area is 166 Å². The Morgan fingerprint density at radius 1 is 0.897 bits per heavy atom. The summed E-state index contributed by atoms with van der Waals surface area (Å²) in [4.78, 5) is 14.2. The number of hydrogen-bond acceptors (Lipinski definition) is 4. The molecule has 0 saturated carbocycles. The van der Waals surface area contributed by atoms with E-state index in [1.54, 1.807) is 12.1 Å². The lowest BCUT2D eigenvalue weighted by molar-refractivity contribution is 0.262. The van der Waals surface area contributed by atoms with Crippen LogP contribution in [0.3, 0.4) is 0 Å². The summed E-state index contributed by atoms with van der Waals surface area (Å²) in [6.07, 6.45) is 2.36. The quantitative estimate of drug-likeness (QED) is 0.674. The van der Waals surface area contributed by atoms with Crippen molar-refractivity contribution in [1.82, 2.24) is 10.2 Å². The van der Waals surface area contributed by atoms with E-state index in [-0.39, 0.29) is 5.69 Å². The van der Waals surface area contributed by atoms with E-state index in [2.05, 4.69) is 25.7 Å². The molecule has 8 heteroatoms. The highest BCUT2D eigenvalue weighted by Gasteiger charge is 2.14. The average Bonchev–Trinajstić information content (AvgIpc) is 3.26. The highest BCUT2D eigenvalue weighted by atomic mass is 19.1. The molecule has 0 bridgehead atoms. The smallest absolute Gasteiger partial charge is 0.323 e. The van der Waals surface area contributed by atoms with Gasteiger partial charge in [0.2, 0.25) is 0 Å². The summed E-state index contributed by atoms with van der Waals surface area (Å²) in [6, 6.07) is 13.3. The summed E-state index contributed by atoms with van der Waals surface area (Å²) in [5, 5.41) is 13.5. The van der Waals surface area contributed by atoms with Crippen LogP contribution in [-0.4, -0.2) is 29.3 Å². The topological polar surface area (TPSA) is 70.2 Å². The van der Waals surface area contributed by atoms with Gasteiger partial charge in [-0.05, 0) is 49.2 Å². The van der Waals surface area contributed by atoms with Gasteiger partial charge in [0.25, 0.3) is 0 Å². The fraction of sp³-hybridized carbons (Fsp3) is 0.190. The Morgan fingerprint density at radius 2 is 1.66 bits per heavy atom. The average molecular weight is 395 g/mol. The van der Waals surface area contributed by atoms with Gasteiger partial charge in [0.15, 0.2) is 5.82 Å². The normalized spacial score (nSPS) is 13.4. The fourth-order valence-electron chi connectivity index (χ4n) is 3.19. The third-order valence-corrected chi connectivity index (χ3v) is 4.70. The third-order valence-electron chi connectivity index (χ3n) is 4.70. The molecule has 2 aromatic carbocycles. The highest BCUT2D eigenvalue weighted by Crippen LogP contribution is 2.23. The van der Waals surface area contributed by atoms with Gasteiger partial charge in [-0.2, -0.15) is 0 Å². The minimum Gasteiger partial charge on any atom is -0.355 e. The molecule has 1 saturated heterocycles. The number of benzene rings is 2. The predicted octanol–water partition coefficient (Wildman–Crippen LogP) is 4.67. The number of nitrogens with one attached hydrogen (secondary N) is 2. The molecule has 0 unspecified atom stereocenters. The van der Waals surface area contributed by atoms with Crippen molar-refractivity contribution in [2.75, 3.05) is 28.6 Å². The molecule has 0 spiro atoms. The van der Waals surface area contributed by atoms with E-state index in [4.69, 9.17) is 0 Å². The van der Waals surface area contributed by atoms with Crippen molar-refractivity contribution in [3.05, 3.63) is 66.2 Å². The molecule has 29 heavy (non-hydrogen) atoms. The van der Waals surface area contributed by atoms with Crippen LogP contribution in [-0.2, 0) is 0 Å². The second kappa shape index (κ2) is 8.22. The summed E-state index contributed by atoms with van der Waals surface area (Å²) in [7, 11) is 0. The lowest BCUT2D eigenvalue weighted by Crippen LogP contribution is -2.20. The Balaban J connectivity index is 1.39. The second-order valence-electron chi connectivity index (χ2n) is 6.75. The molecular formula is C21H19F2N5O. The van der Waals surface area contributed by atoms with Gasteiger partial charge in [0.05, 0.1) is 11.4 Å². The first kappa shape index (κ1) is 18.8. The standard InChI is InChI=1S/C21H19F2N5O/c22-15-5-8-19(17(23)13-15)25-21(29)24-16-6-3-14(4-7-16)18-9-10-20(27-26-18)28-11-1-2-12-28/h3-10,13H,1-2,11-12H2,(H2,24,25,29). The van der Waals surface area contributed by atoms with Gasteiger partial charge in [0, 0.05) is 30.4 Å². The van der Waals surface area contributed by atoms with Gasteiger partial charge in [0.1, 0.15) is 11.6 Å². The van der Waals surface area contributed by atoms with Crippen molar-refractivity contribution in [3.63, 3.8) is 0 Å². The van der Waals surface area contributed by atoms with Crippen LogP contribution in [0.2, 0.25) is 0 Å². The summed E-state index contributed by atoms with van der Waals surface area (Å²) in [6.45, 7) is 2.02. The molecule has 1 aliphatic rings. The number of rotatable bonds is 4. The molecule has 0 aliphatic carbocycles. The van der Waals surface area contributed by atoms with E-state index >= 15 is 0 Å². The molecule has 3 aromatic rings. The first-order valence-corrected chi connectivity index (χ1v) is 9.31. The highest BCUT2D eigenvalue weighted by molar-refractivity contribution is 5.99. The Morgan fingerprint density at radius 3 is 2.31 bits per heavy atom. The number of amides is 2. The fourth-order valence-corrected chi connectivity index (χ4v) is 3.19. The van der Waals surface area contributed by atoms with Gasteiger partial charge in [-0.25, -0.2) is 13.6 Å². The van der Waals surface area contributed by atoms with E-state index in [1.165, 1.54) is 12.8 Å². The first-order chi connectivity index (χ1) is 14.1. The molecule has 6 nitrogen and oxygen atoms in total. The number of carbonyl (C=O) groups is 1. The van der Waals surface area contributed by atoms with Crippen molar-refractivity contribution in [2.45, 2.75) is 12.8 Å². The van der Waals surface area contributed by atoms with Gasteiger partial charge < -0.3 is 15.5 Å². The number of urea groups is 1. The molecule has 0 radical (unpaired) electrons. The number of aromatic nitrogens is 2. The number of halogens is 2. The Bertz CT molecular complexity index is 1000. The maximum atomic E-state index is 13.6. The lowest BCUT2D eigenvalue weighted by Gasteiger charge is -2.15. The van der Waals surface area contributed by atoms with E-state index in [0.29, 0.717) is 11.8 Å². The molecule has 2 N–H and O–H groups in total. The SMILES string of the molecule is O=C(Nc1ccc(-c2ccc(N3CCCC3)nn2)cc1)Nc1ccc(F)cc1F. The van der Waals surface area contributed by atoms with E-state index < -0.39 is 17.7 Å². The van der Waals surface area contributed by atoms with Crippen molar-refractivity contribution < 1.29 is 13.6 Å². The minimum atomic E-state index is -0.841. The zero-order valence-electron chi connectivity index (χ0n) is 15.5. The third kappa shape index (κ3) is 4.48. The second-order valence-corrected chi connectivity index (χ2v) is 6.75. The van der Waals surface area contributed by atoms with E-state index in [9.17, 15) is 13.6 Å². The molecule has 2 heterocycles. The van der Waals surface area contributed by atoms with Crippen LogP contribution in [0.5, 0.6) is 0 Å². The summed E-state index contributed by atoms with van der Waals surface area (Å²) in [5.41, 5.74) is 2.02. The van der Waals surface area contributed by atoms with Crippen LogP contribution in [0.15, 0.2) is 54.6 Å². The van der Waals surface area contributed by atoms with Gasteiger partial charge in [-0.15, -0.1) is 10.2 Å². The molecule has 2 amide bonds. The van der Waals surface area contributed by atoms with Crippen molar-refractivity contribution in [2.24, 2.45) is 0 Å². The number of carbonyl (C=O) groups excluding carboxylic acids is 1. The first-order valence-electron chi connectivity index (χ1n) is 9.31. The van der Waals surface area contributed by atoms with Crippen LogP contribution in [0.25, 0.3) is 11.3 Å². The van der Waals surface area contributed by atoms with Crippen LogP contribution in [0.1, 0.15) is 12.8 Å². The predicted molar refractivity (Wildman–Crippen MR) is 108 cm³/mol. The maximum Gasteiger partial charge on any atom is 0.323 e. The molecule has 4 rings (SSSR count). The summed E-state index contributed by atoms with van der Waals surface area (Å²) in [5.74, 6) is -0.665. The Hall–Kier alpha value is -3.55. The van der Waals surface area contributed by atoms with Gasteiger partial charge >= 0.3 is 6.03 Å². The summed E-state index contributed by atoms with van der Waals surface area (Å²) < 4.78 is 26.5. The molecule has 1 aliphatic heterocycles. The van der Waals surface area contributed by atoms with Crippen molar-refractivity contribution >= 4 is 23.2 Å². The molecule has 1 aromatic heterocycles. The van der Waals surface area contributed by atoms with Crippen molar-refractivity contribution in [1.29, 1.82) is 0 Å². The van der Waals surface area contributed by atoms with Gasteiger partial charge in [-0.1, -0.05) is 12.1 Å². The minimum absolute atomic E-state index is 0.103. The van der Waals surface area contributed by atoms with Crippen LogP contribution in [0, 0.1) is 11.6 Å². The van der Waals surface area contributed by atoms with Crippen LogP contribution in [0.4, 0.5) is 30.8 Å².